The second-order valence-electron chi connectivity index (χ2n) is 7.43. The van der Waals surface area contributed by atoms with Gasteiger partial charge in [-0.1, -0.05) is 0 Å². The Balaban J connectivity index is 1.49. The number of fused-ring (bicyclic) bond motifs is 1. The van der Waals surface area contributed by atoms with E-state index in [1.807, 2.05) is 42.8 Å². The lowest BCUT2D eigenvalue weighted by Crippen LogP contribution is -2.21. The second kappa shape index (κ2) is 6.92. The number of imidazole rings is 1. The first-order valence-electron chi connectivity index (χ1n) is 9.79. The van der Waals surface area contributed by atoms with E-state index in [2.05, 4.69) is 15.2 Å². The fourth-order valence-electron chi connectivity index (χ4n) is 3.90. The molecular formula is C22H22FN5O. The van der Waals surface area contributed by atoms with Crippen molar-refractivity contribution in [3.05, 3.63) is 54.3 Å². The Bertz CT molecular complexity index is 1170. The smallest absolute Gasteiger partial charge is 0.206 e. The van der Waals surface area contributed by atoms with E-state index in [1.165, 1.54) is 18.9 Å². The Morgan fingerprint density at radius 1 is 1.10 bits per heavy atom. The van der Waals surface area contributed by atoms with Crippen molar-refractivity contribution in [1.82, 2.24) is 14.5 Å². The maximum Gasteiger partial charge on any atom is 0.206 e. The molecule has 7 heteroatoms. The Labute approximate surface area is 168 Å². The van der Waals surface area contributed by atoms with Crippen LogP contribution in [0.4, 0.5) is 21.7 Å². The lowest BCUT2D eigenvalue weighted by Gasteiger charge is -2.15. The van der Waals surface area contributed by atoms with Gasteiger partial charge in [0.05, 0.1) is 17.4 Å². The van der Waals surface area contributed by atoms with Gasteiger partial charge >= 0.3 is 0 Å². The van der Waals surface area contributed by atoms with Crippen molar-refractivity contribution in [2.45, 2.75) is 19.8 Å². The molecule has 2 aromatic heterocycles. The van der Waals surface area contributed by atoms with Gasteiger partial charge in [-0.25, -0.2) is 14.4 Å². The van der Waals surface area contributed by atoms with Gasteiger partial charge in [-0.2, -0.15) is 0 Å². The highest BCUT2D eigenvalue weighted by Gasteiger charge is 2.20. The van der Waals surface area contributed by atoms with Crippen LogP contribution in [-0.4, -0.2) is 27.6 Å². The Hall–Kier alpha value is -3.35. The van der Waals surface area contributed by atoms with Gasteiger partial charge in [-0.3, -0.25) is 0 Å². The van der Waals surface area contributed by atoms with Crippen molar-refractivity contribution in [3.63, 3.8) is 0 Å². The first-order chi connectivity index (χ1) is 14.1. The third kappa shape index (κ3) is 3.22. The van der Waals surface area contributed by atoms with Crippen molar-refractivity contribution in [1.29, 1.82) is 0 Å². The van der Waals surface area contributed by atoms with Crippen LogP contribution in [0.2, 0.25) is 0 Å². The van der Waals surface area contributed by atoms with Gasteiger partial charge in [-0.15, -0.1) is 0 Å². The molecule has 29 heavy (non-hydrogen) atoms. The molecule has 0 saturated carbocycles. The number of aryl methyl sites for hydroxylation is 2. The van der Waals surface area contributed by atoms with E-state index in [0.29, 0.717) is 11.6 Å². The third-order valence-electron chi connectivity index (χ3n) is 5.39. The summed E-state index contributed by atoms with van der Waals surface area (Å²) in [4.78, 5) is 11.2. The highest BCUT2D eigenvalue weighted by molar-refractivity contribution is 5.92. The SMILES string of the molecule is Cc1ncc(-c2ccc(Nc3cc(F)cc4c3nc(N3CCCC3)n4C)cc2)o1. The lowest BCUT2D eigenvalue weighted by molar-refractivity contribution is 0.534. The summed E-state index contributed by atoms with van der Waals surface area (Å²) in [6, 6.07) is 10.8. The quantitative estimate of drug-likeness (QED) is 0.529. The van der Waals surface area contributed by atoms with Crippen LogP contribution in [-0.2, 0) is 7.05 Å². The summed E-state index contributed by atoms with van der Waals surface area (Å²) in [7, 11) is 1.94. The number of hydrogen-bond acceptors (Lipinski definition) is 5. The molecule has 1 N–H and O–H groups in total. The largest absolute Gasteiger partial charge is 0.441 e. The normalized spacial score (nSPS) is 14.1. The zero-order valence-corrected chi connectivity index (χ0v) is 16.4. The van der Waals surface area contributed by atoms with Crippen molar-refractivity contribution in [3.8, 4) is 11.3 Å². The van der Waals surface area contributed by atoms with Crippen LogP contribution in [0.5, 0.6) is 0 Å². The molecule has 4 aromatic rings. The molecule has 5 rings (SSSR count). The minimum absolute atomic E-state index is 0.287. The number of nitrogens with zero attached hydrogens (tertiary/aromatic N) is 4. The molecule has 1 aliphatic rings. The van der Waals surface area contributed by atoms with Crippen LogP contribution < -0.4 is 10.2 Å². The third-order valence-corrected chi connectivity index (χ3v) is 5.39. The maximum atomic E-state index is 14.3. The Morgan fingerprint density at radius 2 is 1.86 bits per heavy atom. The second-order valence-corrected chi connectivity index (χ2v) is 7.43. The van der Waals surface area contributed by atoms with Gasteiger partial charge in [-0.05, 0) is 49.2 Å². The zero-order chi connectivity index (χ0) is 20.0. The van der Waals surface area contributed by atoms with Crippen molar-refractivity contribution in [2.24, 2.45) is 7.05 Å². The molecule has 0 bridgehead atoms. The molecule has 6 nitrogen and oxygen atoms in total. The molecule has 0 aliphatic carbocycles. The van der Waals surface area contributed by atoms with Crippen molar-refractivity contribution in [2.75, 3.05) is 23.3 Å². The van der Waals surface area contributed by atoms with Crippen LogP contribution in [0.3, 0.4) is 0 Å². The van der Waals surface area contributed by atoms with Crippen molar-refractivity contribution >= 4 is 28.4 Å². The number of halogens is 1. The lowest BCUT2D eigenvalue weighted by atomic mass is 10.1. The first kappa shape index (κ1) is 17.7. The number of benzene rings is 2. The predicted octanol–water partition coefficient (Wildman–Crippen LogP) is 5.02. The van der Waals surface area contributed by atoms with E-state index >= 15 is 0 Å². The van der Waals surface area contributed by atoms with E-state index < -0.39 is 0 Å². The molecular weight excluding hydrogens is 369 g/mol. The summed E-state index contributed by atoms with van der Waals surface area (Å²) in [5.41, 5.74) is 4.00. The monoisotopic (exact) mass is 391 g/mol. The van der Waals surface area contributed by atoms with Crippen LogP contribution in [0.15, 0.2) is 47.0 Å². The zero-order valence-electron chi connectivity index (χ0n) is 16.4. The summed E-state index contributed by atoms with van der Waals surface area (Å²) in [5.74, 6) is 1.96. The molecule has 0 amide bonds. The van der Waals surface area contributed by atoms with Gasteiger partial charge in [0, 0.05) is 38.3 Å². The minimum Gasteiger partial charge on any atom is -0.441 e. The number of rotatable bonds is 4. The molecule has 0 atom stereocenters. The fourth-order valence-corrected chi connectivity index (χ4v) is 3.90. The van der Waals surface area contributed by atoms with Crippen LogP contribution in [0, 0.1) is 12.7 Å². The number of nitrogens with one attached hydrogen (secondary N) is 1. The summed E-state index contributed by atoms with van der Waals surface area (Å²) in [6.07, 6.45) is 4.04. The average molecular weight is 391 g/mol. The number of hydrogen-bond donors (Lipinski definition) is 1. The molecule has 0 spiro atoms. The van der Waals surface area contributed by atoms with E-state index in [-0.39, 0.29) is 5.82 Å². The highest BCUT2D eigenvalue weighted by atomic mass is 19.1. The van der Waals surface area contributed by atoms with E-state index in [4.69, 9.17) is 9.40 Å². The Morgan fingerprint density at radius 3 is 2.55 bits per heavy atom. The van der Waals surface area contributed by atoms with Crippen LogP contribution in [0.1, 0.15) is 18.7 Å². The average Bonchev–Trinajstić information content (AvgIpc) is 3.44. The highest BCUT2D eigenvalue weighted by Crippen LogP contribution is 2.32. The summed E-state index contributed by atoms with van der Waals surface area (Å²) in [5, 5.41) is 3.32. The van der Waals surface area contributed by atoms with E-state index in [0.717, 1.165) is 47.1 Å². The van der Waals surface area contributed by atoms with Crippen LogP contribution >= 0.6 is 0 Å². The van der Waals surface area contributed by atoms with Crippen molar-refractivity contribution < 1.29 is 8.81 Å². The van der Waals surface area contributed by atoms with E-state index in [9.17, 15) is 4.39 Å². The fraction of sp³-hybridized carbons (Fsp3) is 0.273. The molecule has 0 unspecified atom stereocenters. The molecule has 0 radical (unpaired) electrons. The van der Waals surface area contributed by atoms with Gasteiger partial charge in [0.15, 0.2) is 11.7 Å². The molecule has 3 heterocycles. The molecule has 148 valence electrons. The summed E-state index contributed by atoms with van der Waals surface area (Å²) < 4.78 is 21.9. The maximum absolute atomic E-state index is 14.3. The standard InChI is InChI=1S/C22H22FN5O/c1-14-24-13-20(29-14)15-5-7-17(8-6-15)25-18-11-16(23)12-19-21(18)26-22(27(19)2)28-9-3-4-10-28/h5-8,11-13,25H,3-4,9-10H2,1-2H3. The first-order valence-corrected chi connectivity index (χ1v) is 9.79. The molecule has 1 fully saturated rings. The summed E-state index contributed by atoms with van der Waals surface area (Å²) in [6.45, 7) is 3.80. The van der Waals surface area contributed by atoms with Gasteiger partial charge < -0.3 is 19.2 Å². The van der Waals surface area contributed by atoms with Crippen LogP contribution in [0.25, 0.3) is 22.4 Å². The van der Waals surface area contributed by atoms with Gasteiger partial charge in [0.2, 0.25) is 5.95 Å². The van der Waals surface area contributed by atoms with Gasteiger partial charge in [0.1, 0.15) is 11.3 Å². The number of anilines is 3. The predicted molar refractivity (Wildman–Crippen MR) is 112 cm³/mol. The number of oxazole rings is 1. The Kier molecular flexibility index (Phi) is 4.23. The minimum atomic E-state index is -0.287. The topological polar surface area (TPSA) is 59.1 Å². The molecule has 1 aliphatic heterocycles. The molecule has 2 aromatic carbocycles. The number of aromatic nitrogens is 3. The van der Waals surface area contributed by atoms with E-state index in [1.54, 1.807) is 12.3 Å². The summed E-state index contributed by atoms with van der Waals surface area (Å²) >= 11 is 0. The van der Waals surface area contributed by atoms with Gasteiger partial charge in [0.25, 0.3) is 0 Å². The molecule has 1 saturated heterocycles.